The second kappa shape index (κ2) is 12.0. The van der Waals surface area contributed by atoms with E-state index in [9.17, 15) is 9.59 Å². The van der Waals surface area contributed by atoms with Crippen molar-refractivity contribution in [2.24, 2.45) is 11.1 Å². The fraction of sp³-hybridized carbons (Fsp3) is 0.522. The molecule has 1 rings (SSSR count). The molecular formula is C23H32N4O3. The molecule has 0 aromatic heterocycles. The van der Waals surface area contributed by atoms with E-state index >= 15 is 0 Å². The third kappa shape index (κ3) is 9.56. The van der Waals surface area contributed by atoms with Gasteiger partial charge in [-0.3, -0.25) is 9.59 Å². The van der Waals surface area contributed by atoms with Crippen LogP contribution in [-0.2, 0) is 14.3 Å². The van der Waals surface area contributed by atoms with Crippen molar-refractivity contribution in [1.29, 1.82) is 5.26 Å². The minimum atomic E-state index is -0.566. The molecule has 0 bridgehead atoms. The number of ether oxygens (including phenoxy) is 1. The molecule has 2 amide bonds. The largest absolute Gasteiger partial charge is 0.374 e. The van der Waals surface area contributed by atoms with Gasteiger partial charge in [-0.1, -0.05) is 19.8 Å². The minimum absolute atomic E-state index is 0.0638. The predicted molar refractivity (Wildman–Crippen MR) is 117 cm³/mol. The van der Waals surface area contributed by atoms with Crippen molar-refractivity contribution in [3.63, 3.8) is 0 Å². The predicted octanol–water partition coefficient (Wildman–Crippen LogP) is 2.57. The Morgan fingerprint density at radius 3 is 2.43 bits per heavy atom. The molecule has 0 unspecified atom stereocenters. The second-order valence-electron chi connectivity index (χ2n) is 8.29. The third-order valence-corrected chi connectivity index (χ3v) is 4.62. The second-order valence-corrected chi connectivity index (χ2v) is 8.29. The molecule has 0 aliphatic rings. The van der Waals surface area contributed by atoms with Gasteiger partial charge in [-0.2, -0.15) is 5.26 Å². The zero-order chi connectivity index (χ0) is 22.6. The molecule has 0 saturated heterocycles. The molecule has 1 aromatic carbocycles. The number of carbonyl (C=O) groups excluding carboxylic acids is 2. The van der Waals surface area contributed by atoms with E-state index in [1.807, 2.05) is 27.7 Å². The van der Waals surface area contributed by atoms with E-state index in [4.69, 9.17) is 15.7 Å². The summed E-state index contributed by atoms with van der Waals surface area (Å²) in [4.78, 5) is 24.5. The fourth-order valence-electron chi connectivity index (χ4n) is 2.41. The molecular weight excluding hydrogens is 380 g/mol. The molecule has 1 aromatic rings. The number of amides is 2. The monoisotopic (exact) mass is 412 g/mol. The van der Waals surface area contributed by atoms with Crippen LogP contribution in [0.5, 0.6) is 0 Å². The highest BCUT2D eigenvalue weighted by atomic mass is 16.5. The van der Waals surface area contributed by atoms with Crippen molar-refractivity contribution in [2.75, 3.05) is 25.0 Å². The Labute approximate surface area is 179 Å². The van der Waals surface area contributed by atoms with E-state index in [-0.39, 0.29) is 11.8 Å². The third-order valence-electron chi connectivity index (χ3n) is 4.62. The van der Waals surface area contributed by atoms with E-state index in [0.29, 0.717) is 50.2 Å². The average molecular weight is 413 g/mol. The summed E-state index contributed by atoms with van der Waals surface area (Å²) in [5.74, 6) is 4.81. The van der Waals surface area contributed by atoms with E-state index in [0.717, 1.165) is 0 Å². The summed E-state index contributed by atoms with van der Waals surface area (Å²) in [6.45, 7) is 8.88. The molecule has 0 saturated carbocycles. The number of rotatable bonds is 11. The van der Waals surface area contributed by atoms with E-state index in [1.54, 1.807) is 30.3 Å². The lowest BCUT2D eigenvalue weighted by Gasteiger charge is -2.28. The summed E-state index contributed by atoms with van der Waals surface area (Å²) >= 11 is 0. The summed E-state index contributed by atoms with van der Waals surface area (Å²) in [6, 6.07) is 8.70. The lowest BCUT2D eigenvalue weighted by Crippen LogP contribution is -2.40. The highest BCUT2D eigenvalue weighted by Gasteiger charge is 2.28. The normalized spacial score (nSPS) is 11.1. The number of nitrogens with one attached hydrogen (secondary N) is 2. The Morgan fingerprint density at radius 2 is 1.83 bits per heavy atom. The average Bonchev–Trinajstić information content (AvgIpc) is 2.70. The van der Waals surface area contributed by atoms with Crippen molar-refractivity contribution >= 4 is 17.5 Å². The highest BCUT2D eigenvalue weighted by Crippen LogP contribution is 2.22. The Hall–Kier alpha value is -2.87. The van der Waals surface area contributed by atoms with Gasteiger partial charge in [0.2, 0.25) is 11.8 Å². The van der Waals surface area contributed by atoms with Crippen LogP contribution in [0.15, 0.2) is 24.3 Å². The lowest BCUT2D eigenvalue weighted by molar-refractivity contribution is -0.131. The van der Waals surface area contributed by atoms with E-state index in [1.165, 1.54) is 0 Å². The molecule has 30 heavy (non-hydrogen) atoms. The number of nitrogens with zero attached hydrogens (tertiary/aromatic N) is 1. The summed E-state index contributed by atoms with van der Waals surface area (Å²) < 4.78 is 5.73. The van der Waals surface area contributed by atoms with Crippen LogP contribution < -0.4 is 16.4 Å². The van der Waals surface area contributed by atoms with Crippen LogP contribution in [0.1, 0.15) is 52.5 Å². The van der Waals surface area contributed by atoms with Crippen LogP contribution in [0.25, 0.3) is 0 Å². The number of benzene rings is 1. The van der Waals surface area contributed by atoms with Gasteiger partial charge < -0.3 is 21.1 Å². The van der Waals surface area contributed by atoms with Gasteiger partial charge in [0.15, 0.2) is 6.07 Å². The lowest BCUT2D eigenvalue weighted by atomic mass is 9.88. The molecule has 0 heterocycles. The molecule has 0 radical (unpaired) electrons. The maximum atomic E-state index is 12.4. The van der Waals surface area contributed by atoms with Gasteiger partial charge in [-0.25, -0.2) is 0 Å². The summed E-state index contributed by atoms with van der Waals surface area (Å²) in [5, 5.41) is 14.1. The fourth-order valence-corrected chi connectivity index (χ4v) is 2.41. The van der Waals surface area contributed by atoms with Crippen LogP contribution in [0.3, 0.4) is 0 Å². The van der Waals surface area contributed by atoms with Gasteiger partial charge in [0.25, 0.3) is 0 Å². The Bertz CT molecular complexity index is 812. The maximum absolute atomic E-state index is 12.4. The Balaban J connectivity index is 2.32. The first kappa shape index (κ1) is 25.2. The summed E-state index contributed by atoms with van der Waals surface area (Å²) in [5.41, 5.74) is 6.04. The van der Waals surface area contributed by atoms with E-state index < -0.39 is 11.0 Å². The standard InChI is InChI=1S/C23H32N4O3/c1-22(2,13-16-30-23(3,4)17-25)21(29)26-15-6-8-20(28)27-19-11-9-18(10-12-19)7-5-14-24/h9-12H,6,8,13,15-17,25H2,1-4H3,(H,26,29)(H,27,28). The molecule has 7 nitrogen and oxygen atoms in total. The van der Waals surface area contributed by atoms with Crippen LogP contribution in [0.4, 0.5) is 5.69 Å². The van der Waals surface area contributed by atoms with Crippen LogP contribution in [0, 0.1) is 28.6 Å². The molecule has 0 atom stereocenters. The van der Waals surface area contributed by atoms with Crippen LogP contribution >= 0.6 is 0 Å². The van der Waals surface area contributed by atoms with Crippen molar-refractivity contribution in [2.45, 2.75) is 52.6 Å². The topological polar surface area (TPSA) is 117 Å². The zero-order valence-corrected chi connectivity index (χ0v) is 18.3. The van der Waals surface area contributed by atoms with Gasteiger partial charge >= 0.3 is 0 Å². The van der Waals surface area contributed by atoms with Crippen LogP contribution in [0.2, 0.25) is 0 Å². The molecule has 0 aliphatic heterocycles. The minimum Gasteiger partial charge on any atom is -0.374 e. The summed E-state index contributed by atoms with van der Waals surface area (Å²) in [7, 11) is 0. The molecule has 0 spiro atoms. The molecule has 162 valence electrons. The molecule has 4 N–H and O–H groups in total. The first-order valence-corrected chi connectivity index (χ1v) is 10.0. The number of hydrogen-bond donors (Lipinski definition) is 3. The maximum Gasteiger partial charge on any atom is 0.225 e. The van der Waals surface area contributed by atoms with Crippen molar-refractivity contribution < 1.29 is 14.3 Å². The molecule has 0 aliphatic carbocycles. The zero-order valence-electron chi connectivity index (χ0n) is 18.3. The number of carbonyl (C=O) groups is 2. The van der Waals surface area contributed by atoms with Gasteiger partial charge in [0.1, 0.15) is 0 Å². The Kier molecular flexibility index (Phi) is 10.0. The number of anilines is 1. The Morgan fingerprint density at radius 1 is 1.17 bits per heavy atom. The first-order chi connectivity index (χ1) is 14.1. The van der Waals surface area contributed by atoms with Gasteiger partial charge in [-0.05, 0) is 51.0 Å². The van der Waals surface area contributed by atoms with Gasteiger partial charge in [-0.15, -0.1) is 0 Å². The number of nitriles is 1. The number of hydrogen-bond acceptors (Lipinski definition) is 5. The molecule has 0 fully saturated rings. The van der Waals surface area contributed by atoms with Gasteiger partial charge in [0, 0.05) is 48.7 Å². The van der Waals surface area contributed by atoms with Crippen LogP contribution in [-0.4, -0.2) is 37.1 Å². The first-order valence-electron chi connectivity index (χ1n) is 10.0. The number of nitrogens with two attached hydrogens (primary N) is 1. The van der Waals surface area contributed by atoms with Crippen molar-refractivity contribution in [3.05, 3.63) is 29.8 Å². The highest BCUT2D eigenvalue weighted by molar-refractivity contribution is 5.90. The molecule has 7 heteroatoms. The SMILES string of the molecule is CC(C)(CN)OCCC(C)(C)C(=O)NCCCC(=O)Nc1ccc(C#CC#N)cc1. The summed E-state index contributed by atoms with van der Waals surface area (Å²) in [6.07, 6.45) is 1.41. The van der Waals surface area contributed by atoms with Crippen molar-refractivity contribution in [1.82, 2.24) is 5.32 Å². The smallest absolute Gasteiger partial charge is 0.225 e. The quantitative estimate of drug-likeness (QED) is 0.381. The van der Waals surface area contributed by atoms with Gasteiger partial charge in [0.05, 0.1) is 5.60 Å². The van der Waals surface area contributed by atoms with E-state index in [2.05, 4.69) is 22.5 Å². The van der Waals surface area contributed by atoms with Crippen molar-refractivity contribution in [3.8, 4) is 17.9 Å².